The van der Waals surface area contributed by atoms with Gasteiger partial charge in [-0.15, -0.1) is 0 Å². The van der Waals surface area contributed by atoms with Crippen molar-refractivity contribution < 1.29 is 0 Å². The molecule has 1 N–H and O–H groups in total. The lowest BCUT2D eigenvalue weighted by molar-refractivity contribution is 0.494. The maximum absolute atomic E-state index is 5.92. The maximum atomic E-state index is 5.92. The molecule has 0 bridgehead atoms. The molecular formula is C27H32N4S. The zero-order valence-electron chi connectivity index (χ0n) is 19.4. The summed E-state index contributed by atoms with van der Waals surface area (Å²) in [4.78, 5) is 7.02. The molecule has 2 fully saturated rings. The number of aryl methyl sites for hydroxylation is 3. The molecule has 0 radical (unpaired) electrons. The molecule has 2 aliphatic rings. The van der Waals surface area contributed by atoms with Gasteiger partial charge in [0.15, 0.2) is 5.11 Å². The topological polar surface area (TPSA) is 33.1 Å². The highest BCUT2D eigenvalue weighted by Crippen LogP contribution is 2.45. The number of pyridine rings is 1. The molecule has 1 saturated carbocycles. The molecule has 1 aliphatic heterocycles. The van der Waals surface area contributed by atoms with Crippen LogP contribution in [0.5, 0.6) is 0 Å². The number of aromatic nitrogens is 2. The third-order valence-electron chi connectivity index (χ3n) is 7.40. The molecule has 0 spiro atoms. The Morgan fingerprint density at radius 3 is 2.44 bits per heavy atom. The quantitative estimate of drug-likeness (QED) is 0.472. The van der Waals surface area contributed by atoms with Crippen LogP contribution in [0, 0.1) is 27.7 Å². The Labute approximate surface area is 196 Å². The molecule has 2 atom stereocenters. The number of hydrogen-bond donors (Lipinski definition) is 1. The highest BCUT2D eigenvalue weighted by atomic mass is 32.1. The van der Waals surface area contributed by atoms with Gasteiger partial charge in [0.1, 0.15) is 0 Å². The molecule has 4 nitrogen and oxygen atoms in total. The molecule has 2 unspecified atom stereocenters. The van der Waals surface area contributed by atoms with E-state index in [1.165, 1.54) is 53.8 Å². The van der Waals surface area contributed by atoms with Gasteiger partial charge in [0.2, 0.25) is 0 Å². The van der Waals surface area contributed by atoms with E-state index in [0.717, 1.165) is 16.5 Å². The highest BCUT2D eigenvalue weighted by molar-refractivity contribution is 7.80. The first kappa shape index (κ1) is 21.2. The van der Waals surface area contributed by atoms with E-state index in [0.29, 0.717) is 6.04 Å². The third kappa shape index (κ3) is 3.53. The minimum atomic E-state index is 0.00263. The number of benzene rings is 1. The van der Waals surface area contributed by atoms with Gasteiger partial charge < -0.3 is 14.8 Å². The summed E-state index contributed by atoms with van der Waals surface area (Å²) in [6.07, 6.45) is 7.09. The van der Waals surface area contributed by atoms with E-state index >= 15 is 0 Å². The van der Waals surface area contributed by atoms with Gasteiger partial charge in [-0.3, -0.25) is 4.98 Å². The Morgan fingerprint density at radius 2 is 1.75 bits per heavy atom. The summed E-state index contributed by atoms with van der Waals surface area (Å²) in [6.45, 7) is 8.87. The van der Waals surface area contributed by atoms with Gasteiger partial charge in [-0.2, -0.15) is 0 Å². The number of nitrogens with zero attached hydrogens (tertiary/aromatic N) is 3. The zero-order valence-corrected chi connectivity index (χ0v) is 20.2. The van der Waals surface area contributed by atoms with Crippen molar-refractivity contribution in [3.05, 3.63) is 82.4 Å². The summed E-state index contributed by atoms with van der Waals surface area (Å²) in [6, 6.07) is 15.8. The Bertz CT molecular complexity index is 1140. The van der Waals surface area contributed by atoms with Crippen molar-refractivity contribution in [1.29, 1.82) is 0 Å². The molecule has 5 rings (SSSR count). The number of rotatable bonds is 4. The van der Waals surface area contributed by atoms with Crippen LogP contribution in [0.1, 0.15) is 77.6 Å². The molecule has 1 saturated heterocycles. The van der Waals surface area contributed by atoms with E-state index in [2.05, 4.69) is 78.9 Å². The predicted octanol–water partition coefficient (Wildman–Crippen LogP) is 6.41. The van der Waals surface area contributed by atoms with Crippen molar-refractivity contribution in [2.45, 2.75) is 71.5 Å². The van der Waals surface area contributed by atoms with Crippen LogP contribution < -0.4 is 10.2 Å². The average molecular weight is 445 g/mol. The first-order chi connectivity index (χ1) is 15.5. The summed E-state index contributed by atoms with van der Waals surface area (Å²) in [5.74, 6) is 0. The van der Waals surface area contributed by atoms with E-state index in [9.17, 15) is 0 Å². The molecule has 1 aliphatic carbocycles. The van der Waals surface area contributed by atoms with Gasteiger partial charge in [-0.05, 0) is 99.8 Å². The fourth-order valence-corrected chi connectivity index (χ4v) is 6.00. The van der Waals surface area contributed by atoms with Crippen LogP contribution in [0.2, 0.25) is 0 Å². The van der Waals surface area contributed by atoms with E-state index in [-0.39, 0.29) is 12.1 Å². The Hall–Kier alpha value is -2.66. The SMILES string of the molecule is Cc1ccc(N2C(=S)NC(c3ccccn3)C2c2cc(C)n(C3CCCC3)c2C)cc1C. The van der Waals surface area contributed by atoms with Crippen molar-refractivity contribution in [3.63, 3.8) is 0 Å². The van der Waals surface area contributed by atoms with Gasteiger partial charge in [0.05, 0.1) is 17.8 Å². The highest BCUT2D eigenvalue weighted by Gasteiger charge is 2.42. The molecule has 1 aromatic carbocycles. The lowest BCUT2D eigenvalue weighted by atomic mass is 9.96. The Balaban J connectivity index is 1.65. The summed E-state index contributed by atoms with van der Waals surface area (Å²) in [5, 5.41) is 4.38. The summed E-state index contributed by atoms with van der Waals surface area (Å²) >= 11 is 5.92. The molecular weight excluding hydrogens is 412 g/mol. The smallest absolute Gasteiger partial charge is 0.174 e. The number of anilines is 1. The summed E-state index contributed by atoms with van der Waals surface area (Å²) in [5.41, 5.74) is 8.79. The van der Waals surface area contributed by atoms with E-state index in [4.69, 9.17) is 17.2 Å². The Morgan fingerprint density at radius 1 is 0.969 bits per heavy atom. The first-order valence-electron chi connectivity index (χ1n) is 11.7. The second kappa shape index (κ2) is 8.36. The van der Waals surface area contributed by atoms with Crippen LogP contribution in [0.15, 0.2) is 48.7 Å². The molecule has 3 heterocycles. The van der Waals surface area contributed by atoms with Crippen molar-refractivity contribution >= 4 is 23.0 Å². The molecule has 2 aromatic heterocycles. The third-order valence-corrected chi connectivity index (χ3v) is 7.71. The largest absolute Gasteiger partial charge is 0.351 e. The maximum Gasteiger partial charge on any atom is 0.174 e. The number of nitrogens with one attached hydrogen (secondary N) is 1. The fourth-order valence-electron chi connectivity index (χ4n) is 5.65. The lowest BCUT2D eigenvalue weighted by Gasteiger charge is -2.29. The lowest BCUT2D eigenvalue weighted by Crippen LogP contribution is -2.29. The van der Waals surface area contributed by atoms with Crippen molar-refractivity contribution in [2.24, 2.45) is 0 Å². The van der Waals surface area contributed by atoms with Crippen LogP contribution in [-0.4, -0.2) is 14.7 Å². The molecule has 32 heavy (non-hydrogen) atoms. The fraction of sp³-hybridized carbons (Fsp3) is 0.407. The van der Waals surface area contributed by atoms with E-state index in [1.54, 1.807) is 0 Å². The average Bonchev–Trinajstić information content (AvgIpc) is 3.49. The van der Waals surface area contributed by atoms with Crippen molar-refractivity contribution in [2.75, 3.05) is 4.90 Å². The predicted molar refractivity (Wildman–Crippen MR) is 135 cm³/mol. The molecule has 166 valence electrons. The molecule has 5 heteroatoms. The van der Waals surface area contributed by atoms with Crippen LogP contribution in [0.3, 0.4) is 0 Å². The molecule has 0 amide bonds. The zero-order chi connectivity index (χ0) is 22.4. The number of thiocarbonyl (C=S) groups is 1. The van der Waals surface area contributed by atoms with Gasteiger partial charge in [-0.1, -0.05) is 25.0 Å². The minimum absolute atomic E-state index is 0.00263. The molecule has 3 aromatic rings. The Kier molecular flexibility index (Phi) is 5.54. The van der Waals surface area contributed by atoms with Crippen LogP contribution in [-0.2, 0) is 0 Å². The van der Waals surface area contributed by atoms with E-state index in [1.807, 2.05) is 12.3 Å². The second-order valence-corrected chi connectivity index (χ2v) is 9.79. The summed E-state index contributed by atoms with van der Waals surface area (Å²) in [7, 11) is 0. The van der Waals surface area contributed by atoms with Gasteiger partial charge in [0.25, 0.3) is 0 Å². The second-order valence-electron chi connectivity index (χ2n) is 9.40. The normalized spacial score (nSPS) is 21.4. The van der Waals surface area contributed by atoms with E-state index < -0.39 is 0 Å². The van der Waals surface area contributed by atoms with Crippen LogP contribution in [0.25, 0.3) is 0 Å². The number of hydrogen-bond acceptors (Lipinski definition) is 2. The van der Waals surface area contributed by atoms with Crippen molar-refractivity contribution in [3.8, 4) is 0 Å². The minimum Gasteiger partial charge on any atom is -0.351 e. The first-order valence-corrected chi connectivity index (χ1v) is 12.1. The van der Waals surface area contributed by atoms with Crippen LogP contribution in [0.4, 0.5) is 5.69 Å². The monoisotopic (exact) mass is 444 g/mol. The summed E-state index contributed by atoms with van der Waals surface area (Å²) < 4.78 is 2.58. The van der Waals surface area contributed by atoms with Crippen molar-refractivity contribution in [1.82, 2.24) is 14.9 Å². The standard InChI is InChI=1S/C27H32N4S/c1-17-12-13-22(15-18(17)2)31-26(25(29-27(31)32)24-11-7-8-14-28-24)23-16-19(3)30(20(23)4)21-9-5-6-10-21/h7-8,11-16,21,25-26H,5-6,9-10H2,1-4H3,(H,29,32). The van der Waals surface area contributed by atoms with Gasteiger partial charge in [0, 0.05) is 29.3 Å². The van der Waals surface area contributed by atoms with Gasteiger partial charge >= 0.3 is 0 Å². The van der Waals surface area contributed by atoms with Crippen LogP contribution >= 0.6 is 12.2 Å². The van der Waals surface area contributed by atoms with Gasteiger partial charge in [-0.25, -0.2) is 0 Å².